The van der Waals surface area contributed by atoms with E-state index in [9.17, 15) is 25.2 Å². The van der Waals surface area contributed by atoms with Crippen LogP contribution in [0.5, 0.6) is 0 Å². The molecular weight excluding hydrogens is 417 g/mol. The number of fused-ring (bicyclic) bond motifs is 3. The molecule has 2 aromatic carbocycles. The first-order valence-electron chi connectivity index (χ1n) is 7.29. The molecule has 0 spiro atoms. The van der Waals surface area contributed by atoms with Gasteiger partial charge in [-0.1, -0.05) is 48.5 Å². The van der Waals surface area contributed by atoms with Crippen molar-refractivity contribution in [3.8, 4) is 11.1 Å². The Morgan fingerprint density at radius 3 is 1.12 bits per heavy atom. The molecule has 0 unspecified atom stereocenters. The van der Waals surface area contributed by atoms with Crippen LogP contribution in [0.15, 0.2) is 48.5 Å². The van der Waals surface area contributed by atoms with E-state index in [0.717, 1.165) is 6.42 Å². The van der Waals surface area contributed by atoms with Gasteiger partial charge in [-0.25, -0.2) is 0 Å². The van der Waals surface area contributed by atoms with Gasteiger partial charge in [0, 0.05) is 0 Å². The van der Waals surface area contributed by atoms with Crippen LogP contribution in [0.25, 0.3) is 11.1 Å². The normalized spacial score (nSPS) is 17.0. The molecule has 0 amide bonds. The van der Waals surface area contributed by atoms with Crippen molar-refractivity contribution in [1.82, 2.24) is 0 Å². The zero-order valence-corrected chi connectivity index (χ0v) is 15.3. The van der Waals surface area contributed by atoms with Crippen LogP contribution in [-0.2, 0) is 23.5 Å². The molecule has 1 fully saturated rings. The average molecular weight is 432 g/mol. The second-order valence-electron chi connectivity index (χ2n) is 5.41. The van der Waals surface area contributed by atoms with Crippen molar-refractivity contribution in [3.05, 3.63) is 91.8 Å². The molecule has 4 rings (SSSR count). The van der Waals surface area contributed by atoms with Crippen LogP contribution in [0.3, 0.4) is 0 Å². The van der Waals surface area contributed by atoms with Crippen molar-refractivity contribution in [2.45, 2.75) is 6.42 Å². The van der Waals surface area contributed by atoms with Gasteiger partial charge in [-0.05, 0) is 60.8 Å². The fraction of sp³-hybridized carbons (Fsp3) is 0.0556. The second-order valence-corrected chi connectivity index (χ2v) is 7.33. The van der Waals surface area contributed by atoms with E-state index in [-0.39, 0.29) is 17.1 Å². The molecule has 0 aromatic heterocycles. The third-order valence-corrected chi connectivity index (χ3v) is 3.26. The minimum absolute atomic E-state index is 0. The van der Waals surface area contributed by atoms with Gasteiger partial charge in [-0.15, -0.1) is 0 Å². The van der Waals surface area contributed by atoms with E-state index in [0.29, 0.717) is 0 Å². The summed E-state index contributed by atoms with van der Waals surface area (Å²) in [7, 11) is -10.7. The number of hydrogen-bond acceptors (Lipinski definition) is 0. The maximum atomic E-state index is 9.87. The molecule has 2 aliphatic carbocycles. The Morgan fingerprint density at radius 2 is 0.808 bits per heavy atom. The molecule has 8 heteroatoms. The van der Waals surface area contributed by atoms with Crippen LogP contribution >= 0.6 is 7.81 Å². The van der Waals surface area contributed by atoms with Crippen LogP contribution in [0, 0.1) is 32.1 Å². The molecule has 0 saturated heterocycles. The zero-order valence-electron chi connectivity index (χ0n) is 13.3. The van der Waals surface area contributed by atoms with Crippen LogP contribution in [0.1, 0.15) is 11.1 Å². The average Bonchev–Trinajstić information content (AvgIpc) is 3.15. The number of benzene rings is 2. The minimum atomic E-state index is -10.7. The Labute approximate surface area is 159 Å². The van der Waals surface area contributed by atoms with E-state index in [2.05, 4.69) is 48.5 Å². The molecule has 2 aromatic rings. The summed E-state index contributed by atoms with van der Waals surface area (Å²) in [6, 6.07) is 17.3. The summed E-state index contributed by atoms with van der Waals surface area (Å²) < 4.78 is 59.2. The topological polar surface area (TPSA) is 0 Å². The van der Waals surface area contributed by atoms with Gasteiger partial charge in [0.2, 0.25) is 0 Å². The fourth-order valence-corrected chi connectivity index (χ4v) is 2.40. The molecule has 141 valence electrons. The Morgan fingerprint density at radius 1 is 0.538 bits per heavy atom. The summed E-state index contributed by atoms with van der Waals surface area (Å²) in [5, 5.41) is 0. The summed E-state index contributed by atoms with van der Waals surface area (Å²) in [6.07, 6.45) is 11.1. The third-order valence-electron chi connectivity index (χ3n) is 3.26. The summed E-state index contributed by atoms with van der Waals surface area (Å²) in [4.78, 5) is 0. The Balaban J connectivity index is 0.000000222. The Hall–Kier alpha value is -1.03. The molecule has 0 nitrogen and oxygen atoms in total. The van der Waals surface area contributed by atoms with E-state index in [4.69, 9.17) is 0 Å². The summed E-state index contributed by atoms with van der Waals surface area (Å²) in [5.41, 5.74) is 5.75. The van der Waals surface area contributed by atoms with Gasteiger partial charge in [-0.2, -0.15) is 0 Å². The number of halogens is 6. The van der Waals surface area contributed by atoms with Gasteiger partial charge in [0.25, 0.3) is 0 Å². The molecule has 1 saturated carbocycles. The van der Waals surface area contributed by atoms with Crippen LogP contribution in [0.2, 0.25) is 0 Å². The quantitative estimate of drug-likeness (QED) is 0.194. The largest absolute Gasteiger partial charge is 2.00 e. The van der Waals surface area contributed by atoms with Gasteiger partial charge in [0.15, 0.2) is 0 Å². The maximum absolute atomic E-state index is 10.7. The third kappa shape index (κ3) is 9.61. The Bertz CT molecular complexity index is 661. The van der Waals surface area contributed by atoms with Crippen LogP contribution in [-0.4, -0.2) is 0 Å². The molecular formula is C18H15F6FeP+. The van der Waals surface area contributed by atoms with Crippen molar-refractivity contribution in [2.24, 2.45) is 0 Å². The molecule has 5 radical (unpaired) electrons. The first-order valence-corrected chi connectivity index (χ1v) is 9.32. The standard InChI is InChI=1S/C13H10.C5H5.F6P.Fe/c1-3-7-12-10(5-1)9-11-6-2-4-8-13(11)12;1-2-4-5-3-1;1-7(2,3,4,5)6;/h1-8H,9H2;1-5H;;/q;;-1;+2. The van der Waals surface area contributed by atoms with E-state index in [1.807, 2.05) is 32.1 Å². The van der Waals surface area contributed by atoms with Crippen molar-refractivity contribution in [3.63, 3.8) is 0 Å². The summed E-state index contributed by atoms with van der Waals surface area (Å²) in [6.45, 7) is 0. The van der Waals surface area contributed by atoms with Gasteiger partial charge >= 0.3 is 50.1 Å². The molecule has 0 aliphatic heterocycles. The van der Waals surface area contributed by atoms with Crippen molar-refractivity contribution >= 4 is 7.81 Å². The van der Waals surface area contributed by atoms with Gasteiger partial charge in [0.05, 0.1) is 0 Å². The summed E-state index contributed by atoms with van der Waals surface area (Å²) >= 11 is 0. The monoisotopic (exact) mass is 432 g/mol. The van der Waals surface area contributed by atoms with Crippen molar-refractivity contribution in [1.29, 1.82) is 0 Å². The molecule has 2 aliphatic rings. The van der Waals surface area contributed by atoms with Crippen LogP contribution < -0.4 is 0 Å². The Kier molecular flexibility index (Phi) is 7.01. The first-order chi connectivity index (χ1) is 11.4. The zero-order chi connectivity index (χ0) is 18.6. The smallest absolute Gasteiger partial charge is 0.0619 e. The fourth-order valence-electron chi connectivity index (χ4n) is 2.40. The predicted molar refractivity (Wildman–Crippen MR) is 89.8 cm³/mol. The molecule has 0 bridgehead atoms. The van der Waals surface area contributed by atoms with Gasteiger partial charge in [0.1, 0.15) is 0 Å². The SMILES string of the molecule is F[P-](F)(F)(F)(F)F.[CH]1[CH][CH][CH][CH]1.[Fe+2].c1ccc2c(c1)Cc1ccccc1-2. The van der Waals surface area contributed by atoms with Gasteiger partial charge < -0.3 is 0 Å². The molecule has 0 atom stereocenters. The summed E-state index contributed by atoms with van der Waals surface area (Å²) in [5.74, 6) is 0. The maximum Gasteiger partial charge on any atom is 2.00 e. The second kappa shape index (κ2) is 7.92. The molecule has 26 heavy (non-hydrogen) atoms. The van der Waals surface area contributed by atoms with Gasteiger partial charge in [-0.3, -0.25) is 0 Å². The minimum Gasteiger partial charge on any atom is -0.0619 e. The molecule has 0 N–H and O–H groups in total. The van der Waals surface area contributed by atoms with Crippen molar-refractivity contribution < 1.29 is 42.3 Å². The van der Waals surface area contributed by atoms with E-state index < -0.39 is 7.81 Å². The van der Waals surface area contributed by atoms with E-state index >= 15 is 0 Å². The first kappa shape index (κ1) is 23.0. The van der Waals surface area contributed by atoms with E-state index in [1.54, 1.807) is 0 Å². The predicted octanol–water partition coefficient (Wildman–Crippen LogP) is 7.66. The van der Waals surface area contributed by atoms with Crippen molar-refractivity contribution in [2.75, 3.05) is 0 Å². The molecule has 0 heterocycles. The van der Waals surface area contributed by atoms with Crippen LogP contribution in [0.4, 0.5) is 25.2 Å². The number of hydrogen-bond donors (Lipinski definition) is 0. The number of rotatable bonds is 0. The van der Waals surface area contributed by atoms with E-state index in [1.165, 1.54) is 22.3 Å².